The van der Waals surface area contributed by atoms with Crippen LogP contribution < -0.4 is 20.7 Å². The smallest absolute Gasteiger partial charge is 0.399 e. The first-order valence-electron chi connectivity index (χ1n) is 25.3. The predicted octanol–water partition coefficient (Wildman–Crippen LogP) is 14.9. The van der Waals surface area contributed by atoms with E-state index in [1.165, 1.54) is 27.8 Å². The number of rotatable bonds is 9. The topological polar surface area (TPSA) is 48.3 Å². The van der Waals surface area contributed by atoms with Crippen LogP contribution in [-0.2, 0) is 24.0 Å². The van der Waals surface area contributed by atoms with E-state index in [1.807, 2.05) is 0 Å². The lowest BCUT2D eigenvalue weighted by atomic mass is 9.79. The molecule has 7 aromatic carbocycles. The molecule has 10 rings (SSSR count). The van der Waals surface area contributed by atoms with Crippen LogP contribution >= 0.6 is 0 Å². The van der Waals surface area contributed by atoms with Crippen LogP contribution in [0, 0.1) is 27.7 Å². The van der Waals surface area contributed by atoms with Gasteiger partial charge >= 0.3 is 14.2 Å². The Morgan fingerprint density at radius 2 is 0.761 bits per heavy atom. The second kappa shape index (κ2) is 17.3. The van der Waals surface area contributed by atoms with Gasteiger partial charge in [-0.2, -0.15) is 0 Å². The summed E-state index contributed by atoms with van der Waals surface area (Å²) >= 11 is 0. The molecule has 0 radical (unpaired) electrons. The van der Waals surface area contributed by atoms with E-state index in [4.69, 9.17) is 18.6 Å². The number of benzene rings is 7. The Labute approximate surface area is 423 Å². The Balaban J connectivity index is 1.15. The molecule has 362 valence electrons. The maximum atomic E-state index is 6.49. The molecule has 2 aliphatic rings. The molecule has 0 unspecified atom stereocenters. The van der Waals surface area contributed by atoms with Gasteiger partial charge in [0.05, 0.1) is 33.4 Å². The van der Waals surface area contributed by atoms with Crippen LogP contribution in [0.25, 0.3) is 27.5 Å². The zero-order valence-corrected chi connectivity index (χ0v) is 44.5. The second-order valence-electron chi connectivity index (χ2n) is 23.1. The Kier molecular flexibility index (Phi) is 11.8. The number of anilines is 6. The van der Waals surface area contributed by atoms with Crippen LogP contribution in [0.4, 0.5) is 34.1 Å². The highest BCUT2D eigenvalue weighted by Gasteiger charge is 2.52. The first kappa shape index (κ1) is 48.5. The lowest BCUT2D eigenvalue weighted by Gasteiger charge is -2.32. The van der Waals surface area contributed by atoms with E-state index in [0.717, 1.165) is 72.5 Å². The molecule has 0 spiro atoms. The summed E-state index contributed by atoms with van der Waals surface area (Å²) in [5, 5.41) is 2.30. The number of nitrogens with zero attached hydrogens (tertiary/aromatic N) is 3. The third-order valence-electron chi connectivity index (χ3n) is 15.8. The summed E-state index contributed by atoms with van der Waals surface area (Å²) < 4.78 is 28.4. The summed E-state index contributed by atoms with van der Waals surface area (Å²) in [6.07, 6.45) is 0. The summed E-state index contributed by atoms with van der Waals surface area (Å²) in [7, 11) is -0.900. The van der Waals surface area contributed by atoms with Gasteiger partial charge in [0.25, 0.3) is 0 Å². The Bertz CT molecular complexity index is 3090. The van der Waals surface area contributed by atoms with Crippen LogP contribution in [0.3, 0.4) is 0 Å². The molecule has 0 aliphatic carbocycles. The van der Waals surface area contributed by atoms with Gasteiger partial charge < -0.3 is 33.0 Å². The molecule has 3 heterocycles. The molecule has 8 aromatic rings. The molecule has 7 nitrogen and oxygen atoms in total. The standard InChI is InChI=1S/C62H69B2N3O4/c1-40-16-32-54(42(3)36-40)65(47-26-20-45(21-27-47)63-68-59(8,9)60(10,11)69-63)50-30-34-56-52(38-50)53-39-51(31-35-57(53)67(56)49-24-18-44(19-25-49)58(5,6)7)66(55-33-17-41(2)37-43(55)4)48-28-22-46(23-29-48)64-70-61(12,13)62(14,15)71-64/h16-39H,1-15H3. The minimum Gasteiger partial charge on any atom is -0.399 e. The molecular formula is C62H69B2N3O4. The largest absolute Gasteiger partial charge is 0.494 e. The van der Waals surface area contributed by atoms with Crippen LogP contribution in [0.2, 0.25) is 0 Å². The molecule has 0 amide bonds. The van der Waals surface area contributed by atoms with Gasteiger partial charge in [-0.3, -0.25) is 0 Å². The third-order valence-corrected chi connectivity index (χ3v) is 15.8. The first-order valence-corrected chi connectivity index (χ1v) is 25.3. The summed E-state index contributed by atoms with van der Waals surface area (Å²) in [6.45, 7) is 32.3. The first-order chi connectivity index (χ1) is 33.4. The van der Waals surface area contributed by atoms with E-state index in [2.05, 4.69) is 264 Å². The molecule has 0 atom stereocenters. The predicted molar refractivity (Wildman–Crippen MR) is 299 cm³/mol. The molecule has 0 bridgehead atoms. The van der Waals surface area contributed by atoms with Crippen molar-refractivity contribution < 1.29 is 18.6 Å². The Morgan fingerprint density at radius 3 is 1.10 bits per heavy atom. The van der Waals surface area contributed by atoms with Crippen molar-refractivity contribution in [2.45, 2.75) is 132 Å². The summed E-state index contributed by atoms with van der Waals surface area (Å²) in [5.41, 5.74) is 16.3. The van der Waals surface area contributed by atoms with E-state index in [-0.39, 0.29) is 5.41 Å². The van der Waals surface area contributed by atoms with Crippen molar-refractivity contribution in [3.8, 4) is 5.69 Å². The van der Waals surface area contributed by atoms with Gasteiger partial charge in [-0.15, -0.1) is 0 Å². The van der Waals surface area contributed by atoms with E-state index in [1.54, 1.807) is 0 Å². The fourth-order valence-corrected chi connectivity index (χ4v) is 10.2. The molecule has 2 aliphatic heterocycles. The average Bonchev–Trinajstić information content (AvgIpc) is 3.84. The van der Waals surface area contributed by atoms with E-state index in [9.17, 15) is 0 Å². The van der Waals surface area contributed by atoms with Gasteiger partial charge in [0.2, 0.25) is 0 Å². The van der Waals surface area contributed by atoms with Crippen molar-refractivity contribution in [2.24, 2.45) is 0 Å². The van der Waals surface area contributed by atoms with E-state index >= 15 is 0 Å². The molecule has 0 N–H and O–H groups in total. The van der Waals surface area contributed by atoms with Gasteiger partial charge in [0.15, 0.2) is 0 Å². The van der Waals surface area contributed by atoms with Crippen molar-refractivity contribution in [2.75, 3.05) is 9.80 Å². The lowest BCUT2D eigenvalue weighted by Crippen LogP contribution is -2.41. The zero-order valence-electron chi connectivity index (χ0n) is 44.5. The SMILES string of the molecule is Cc1ccc(N(c2ccc(B3OC(C)(C)C(C)(C)O3)cc2)c2ccc3c(c2)c2cc(N(c4ccc(B5OC(C)(C)C(C)(C)O5)cc4)c4ccc(C)cc4C)ccc2n3-c2ccc(C(C)(C)C)cc2)c(C)c1. The summed E-state index contributed by atoms with van der Waals surface area (Å²) in [5.74, 6) is 0. The van der Waals surface area contributed by atoms with Gasteiger partial charge in [-0.05, 0) is 201 Å². The van der Waals surface area contributed by atoms with Crippen LogP contribution in [0.15, 0.2) is 146 Å². The van der Waals surface area contributed by atoms with Crippen molar-refractivity contribution in [3.63, 3.8) is 0 Å². The van der Waals surface area contributed by atoms with Gasteiger partial charge in [0, 0.05) is 50.6 Å². The van der Waals surface area contributed by atoms with Crippen molar-refractivity contribution in [1.29, 1.82) is 0 Å². The summed E-state index contributed by atoms with van der Waals surface area (Å²) in [6, 6.07) is 53.8. The highest BCUT2D eigenvalue weighted by molar-refractivity contribution is 6.62. The monoisotopic (exact) mass is 942 g/mol. The van der Waals surface area contributed by atoms with Crippen molar-refractivity contribution in [1.82, 2.24) is 4.57 Å². The minimum absolute atomic E-state index is 0.0311. The Hall–Kier alpha value is -6.09. The number of aryl methyl sites for hydroxylation is 4. The second-order valence-corrected chi connectivity index (χ2v) is 23.1. The van der Waals surface area contributed by atoms with Crippen molar-refractivity contribution in [3.05, 3.63) is 173 Å². The average molecular weight is 942 g/mol. The molecule has 1 aromatic heterocycles. The molecule has 2 saturated heterocycles. The Morgan fingerprint density at radius 1 is 0.408 bits per heavy atom. The summed E-state index contributed by atoms with van der Waals surface area (Å²) in [4.78, 5) is 4.77. The molecule has 0 saturated carbocycles. The van der Waals surface area contributed by atoms with Crippen molar-refractivity contribution >= 4 is 81.1 Å². The number of fused-ring (bicyclic) bond motifs is 3. The molecular weight excluding hydrogens is 872 g/mol. The normalized spacial score (nSPS) is 17.1. The molecule has 71 heavy (non-hydrogen) atoms. The maximum absolute atomic E-state index is 6.49. The quantitative estimate of drug-likeness (QED) is 0.134. The highest BCUT2D eigenvalue weighted by atomic mass is 16.7. The van der Waals surface area contributed by atoms with E-state index < -0.39 is 36.6 Å². The molecule has 9 heteroatoms. The lowest BCUT2D eigenvalue weighted by molar-refractivity contribution is 0.00578. The van der Waals surface area contributed by atoms with Gasteiger partial charge in [-0.1, -0.05) is 92.6 Å². The van der Waals surface area contributed by atoms with E-state index in [0.29, 0.717) is 0 Å². The highest BCUT2D eigenvalue weighted by Crippen LogP contribution is 2.45. The van der Waals surface area contributed by atoms with Gasteiger partial charge in [0.1, 0.15) is 0 Å². The number of hydrogen-bond acceptors (Lipinski definition) is 6. The number of hydrogen-bond donors (Lipinski definition) is 0. The zero-order chi connectivity index (χ0) is 50.6. The minimum atomic E-state index is -0.450. The third kappa shape index (κ3) is 8.69. The fraction of sp³-hybridized carbons (Fsp3) is 0.323. The van der Waals surface area contributed by atoms with Gasteiger partial charge in [-0.25, -0.2) is 0 Å². The number of aromatic nitrogens is 1. The van der Waals surface area contributed by atoms with Crippen LogP contribution in [0.1, 0.15) is 104 Å². The van der Waals surface area contributed by atoms with Crippen LogP contribution in [-0.4, -0.2) is 41.2 Å². The fourth-order valence-electron chi connectivity index (χ4n) is 10.2. The maximum Gasteiger partial charge on any atom is 0.494 e. The van der Waals surface area contributed by atoms with Crippen LogP contribution in [0.5, 0.6) is 0 Å². The molecule has 2 fully saturated rings.